The Morgan fingerprint density at radius 1 is 1.03 bits per heavy atom. The third-order valence-corrected chi connectivity index (χ3v) is 7.47. The van der Waals surface area contributed by atoms with Gasteiger partial charge < -0.3 is 10.1 Å². The molecule has 0 aliphatic rings. The molecule has 158 valence electrons. The average molecular weight is 472 g/mol. The summed E-state index contributed by atoms with van der Waals surface area (Å²) in [4.78, 5) is 17.9. The fourth-order valence-corrected chi connectivity index (χ4v) is 5.49. The van der Waals surface area contributed by atoms with E-state index in [2.05, 4.69) is 15.0 Å². The van der Waals surface area contributed by atoms with E-state index in [1.807, 2.05) is 17.5 Å². The molecule has 0 aliphatic carbocycles. The fraction of sp³-hybridized carbons (Fsp3) is 0.0476. The number of sulfonamides is 1. The van der Waals surface area contributed by atoms with Crippen molar-refractivity contribution in [3.05, 3.63) is 77.1 Å². The molecule has 0 bridgehead atoms. The van der Waals surface area contributed by atoms with Gasteiger partial charge in [-0.2, -0.15) is 0 Å². The van der Waals surface area contributed by atoms with Gasteiger partial charge in [0.15, 0.2) is 0 Å². The summed E-state index contributed by atoms with van der Waals surface area (Å²) in [5.74, 6) is -0.00750. The zero-order valence-corrected chi connectivity index (χ0v) is 18.7. The molecule has 0 radical (unpaired) electrons. The molecule has 0 fully saturated rings. The fourth-order valence-electron chi connectivity index (χ4n) is 2.76. The summed E-state index contributed by atoms with van der Waals surface area (Å²) in [7, 11) is -2.42. The molecule has 31 heavy (non-hydrogen) atoms. The summed E-state index contributed by atoms with van der Waals surface area (Å²) in [5, 5.41) is 7.09. The highest BCUT2D eigenvalue weighted by atomic mass is 32.2. The number of thiophene rings is 1. The molecule has 0 atom stereocenters. The van der Waals surface area contributed by atoms with Crippen molar-refractivity contribution in [2.24, 2.45) is 0 Å². The van der Waals surface area contributed by atoms with Crippen LogP contribution in [0.1, 0.15) is 10.5 Å². The van der Waals surface area contributed by atoms with Gasteiger partial charge in [-0.3, -0.25) is 9.52 Å². The molecule has 0 saturated heterocycles. The summed E-state index contributed by atoms with van der Waals surface area (Å²) in [5.41, 5.74) is 0.940. The number of anilines is 2. The lowest BCUT2D eigenvalue weighted by Crippen LogP contribution is -2.15. The molecule has 4 rings (SSSR count). The Balaban J connectivity index is 1.52. The van der Waals surface area contributed by atoms with Gasteiger partial charge in [-0.1, -0.05) is 24.3 Å². The summed E-state index contributed by atoms with van der Waals surface area (Å²) >= 11 is 2.93. The number of hydrogen-bond donors (Lipinski definition) is 2. The molecule has 2 aromatic heterocycles. The maximum Gasteiger partial charge on any atom is 0.275 e. The number of aromatic nitrogens is 1. The second kappa shape index (κ2) is 8.88. The number of nitrogens with zero attached hydrogens (tertiary/aromatic N) is 1. The van der Waals surface area contributed by atoms with Crippen LogP contribution >= 0.6 is 22.7 Å². The third-order valence-electron chi connectivity index (χ3n) is 4.22. The van der Waals surface area contributed by atoms with Crippen molar-refractivity contribution in [3.8, 4) is 15.6 Å². The lowest BCUT2D eigenvalue weighted by atomic mass is 10.3. The van der Waals surface area contributed by atoms with Crippen molar-refractivity contribution in [1.29, 1.82) is 0 Å². The highest BCUT2D eigenvalue weighted by Crippen LogP contribution is 2.29. The Labute approximate surface area is 187 Å². The maximum absolute atomic E-state index is 12.8. The van der Waals surface area contributed by atoms with Gasteiger partial charge in [0.05, 0.1) is 22.6 Å². The van der Waals surface area contributed by atoms with E-state index in [-0.39, 0.29) is 10.6 Å². The van der Waals surface area contributed by atoms with Crippen molar-refractivity contribution in [1.82, 2.24) is 4.98 Å². The molecule has 2 aromatic carbocycles. The zero-order valence-electron chi connectivity index (χ0n) is 16.2. The first-order chi connectivity index (χ1) is 15.0. The lowest BCUT2D eigenvalue weighted by Gasteiger charge is -2.12. The number of nitrogens with one attached hydrogen (secondary N) is 2. The Hall–Kier alpha value is -3.21. The van der Waals surface area contributed by atoms with Crippen LogP contribution < -0.4 is 14.8 Å². The maximum atomic E-state index is 12.8. The van der Waals surface area contributed by atoms with E-state index < -0.39 is 15.9 Å². The van der Waals surface area contributed by atoms with Gasteiger partial charge in [0.1, 0.15) is 16.5 Å². The Morgan fingerprint density at radius 3 is 2.65 bits per heavy atom. The van der Waals surface area contributed by atoms with E-state index in [0.717, 1.165) is 9.88 Å². The molecule has 2 N–H and O–H groups in total. The summed E-state index contributed by atoms with van der Waals surface area (Å²) < 4.78 is 33.3. The number of ether oxygens (including phenoxy) is 1. The van der Waals surface area contributed by atoms with Gasteiger partial charge in [-0.25, -0.2) is 13.4 Å². The average Bonchev–Trinajstić information content (AvgIpc) is 3.46. The van der Waals surface area contributed by atoms with E-state index in [9.17, 15) is 13.2 Å². The van der Waals surface area contributed by atoms with E-state index in [1.54, 1.807) is 53.1 Å². The lowest BCUT2D eigenvalue weighted by molar-refractivity contribution is 0.102. The van der Waals surface area contributed by atoms with Gasteiger partial charge in [-0.05, 0) is 41.8 Å². The number of benzene rings is 2. The second-order valence-electron chi connectivity index (χ2n) is 6.30. The SMILES string of the molecule is COc1ccccc1NS(=O)(=O)c1cccc(NC(=O)c2csc(-c3cccs3)n2)c1. The second-order valence-corrected chi connectivity index (χ2v) is 9.79. The summed E-state index contributed by atoms with van der Waals surface area (Å²) in [6.07, 6.45) is 0. The first-order valence-corrected chi connectivity index (χ1v) is 12.3. The summed E-state index contributed by atoms with van der Waals surface area (Å²) in [6, 6.07) is 16.6. The van der Waals surface area contributed by atoms with Crippen molar-refractivity contribution in [3.63, 3.8) is 0 Å². The van der Waals surface area contributed by atoms with E-state index in [0.29, 0.717) is 17.1 Å². The zero-order chi connectivity index (χ0) is 21.8. The van der Waals surface area contributed by atoms with Crippen molar-refractivity contribution in [2.75, 3.05) is 17.1 Å². The quantitative estimate of drug-likeness (QED) is 0.398. The van der Waals surface area contributed by atoms with Crippen LogP contribution in [0.25, 0.3) is 9.88 Å². The van der Waals surface area contributed by atoms with Crippen LogP contribution in [-0.4, -0.2) is 26.4 Å². The number of methoxy groups -OCH3 is 1. The largest absolute Gasteiger partial charge is 0.495 e. The summed E-state index contributed by atoms with van der Waals surface area (Å²) in [6.45, 7) is 0. The van der Waals surface area contributed by atoms with Crippen molar-refractivity contribution < 1.29 is 17.9 Å². The number of amides is 1. The van der Waals surface area contributed by atoms with E-state index in [4.69, 9.17) is 4.74 Å². The van der Waals surface area contributed by atoms with Crippen LogP contribution in [-0.2, 0) is 10.0 Å². The first kappa shape index (κ1) is 21.0. The van der Waals surface area contributed by atoms with Crippen LogP contribution in [0.3, 0.4) is 0 Å². The normalized spacial score (nSPS) is 11.1. The molecule has 0 saturated carbocycles. The predicted molar refractivity (Wildman–Crippen MR) is 124 cm³/mol. The van der Waals surface area contributed by atoms with Crippen molar-refractivity contribution >= 4 is 50.0 Å². The van der Waals surface area contributed by atoms with Crippen LogP contribution in [0.5, 0.6) is 5.75 Å². The van der Waals surface area contributed by atoms with Crippen LogP contribution in [0.2, 0.25) is 0 Å². The van der Waals surface area contributed by atoms with Gasteiger partial charge in [-0.15, -0.1) is 22.7 Å². The molecule has 1 amide bonds. The van der Waals surface area contributed by atoms with Gasteiger partial charge in [0, 0.05) is 11.1 Å². The number of thiazole rings is 1. The molecule has 0 aliphatic heterocycles. The molecule has 7 nitrogen and oxygen atoms in total. The smallest absolute Gasteiger partial charge is 0.275 e. The molecular weight excluding hydrogens is 454 g/mol. The van der Waals surface area contributed by atoms with Crippen LogP contribution in [0.15, 0.2) is 76.3 Å². The number of rotatable bonds is 7. The minimum absolute atomic E-state index is 0.00811. The minimum Gasteiger partial charge on any atom is -0.495 e. The number of carbonyl (C=O) groups is 1. The van der Waals surface area contributed by atoms with Crippen LogP contribution in [0.4, 0.5) is 11.4 Å². The molecular formula is C21H17N3O4S3. The first-order valence-electron chi connectivity index (χ1n) is 9.03. The number of hydrogen-bond acceptors (Lipinski definition) is 7. The highest BCUT2D eigenvalue weighted by molar-refractivity contribution is 7.92. The topological polar surface area (TPSA) is 97.4 Å². The Morgan fingerprint density at radius 2 is 1.87 bits per heavy atom. The molecule has 0 unspecified atom stereocenters. The monoisotopic (exact) mass is 471 g/mol. The Kier molecular flexibility index (Phi) is 6.03. The van der Waals surface area contributed by atoms with E-state index in [1.165, 1.54) is 30.6 Å². The molecule has 0 spiro atoms. The molecule has 2 heterocycles. The third kappa shape index (κ3) is 4.76. The van der Waals surface area contributed by atoms with Crippen LogP contribution in [0, 0.1) is 0 Å². The van der Waals surface area contributed by atoms with Gasteiger partial charge >= 0.3 is 0 Å². The number of para-hydroxylation sites is 2. The predicted octanol–water partition coefficient (Wildman–Crippen LogP) is 4.93. The Bertz CT molecular complexity index is 1320. The van der Waals surface area contributed by atoms with Crippen molar-refractivity contribution in [2.45, 2.75) is 4.90 Å². The van der Waals surface area contributed by atoms with E-state index >= 15 is 0 Å². The standard InChI is InChI=1S/C21H17N3O4S3/c1-28-18-9-3-2-8-16(18)24-31(26,27)15-7-4-6-14(12-15)22-20(25)17-13-30-21(23-17)19-10-5-11-29-19/h2-13,24H,1H3,(H,22,25). The van der Waals surface area contributed by atoms with Gasteiger partial charge in [0.25, 0.3) is 15.9 Å². The highest BCUT2D eigenvalue weighted by Gasteiger charge is 2.18. The molecule has 4 aromatic rings. The molecule has 10 heteroatoms. The minimum atomic E-state index is -3.89. The van der Waals surface area contributed by atoms with Gasteiger partial charge in [0.2, 0.25) is 0 Å². The number of carbonyl (C=O) groups excluding carboxylic acids is 1.